The first-order valence-corrected chi connectivity index (χ1v) is 12.8. The summed E-state index contributed by atoms with van der Waals surface area (Å²) in [6.45, 7) is 7.84. The van der Waals surface area contributed by atoms with Gasteiger partial charge in [-0.2, -0.15) is 0 Å². The van der Waals surface area contributed by atoms with E-state index in [2.05, 4.69) is 39.5 Å². The molecule has 1 saturated heterocycles. The van der Waals surface area contributed by atoms with Crippen LogP contribution in [0.5, 0.6) is 0 Å². The minimum atomic E-state index is -0.220. The third-order valence-electron chi connectivity index (χ3n) is 6.17. The Labute approximate surface area is 210 Å². The molecule has 2 aromatic carbocycles. The van der Waals surface area contributed by atoms with Crippen molar-refractivity contribution in [3.8, 4) is 5.69 Å². The highest BCUT2D eigenvalue weighted by Crippen LogP contribution is 2.29. The zero-order valence-corrected chi connectivity index (χ0v) is 21.6. The maximum Gasteiger partial charge on any atom is 0.243 e. The number of aryl methyl sites for hydroxylation is 3. The summed E-state index contributed by atoms with van der Waals surface area (Å²) in [5.41, 5.74) is 4.93. The topological polar surface area (TPSA) is 83.4 Å². The van der Waals surface area contributed by atoms with Crippen LogP contribution in [0.15, 0.2) is 47.6 Å². The van der Waals surface area contributed by atoms with Gasteiger partial charge in [-0.05, 0) is 56.9 Å². The van der Waals surface area contributed by atoms with Crippen molar-refractivity contribution in [2.45, 2.75) is 38.8 Å². The Hall–Kier alpha value is -3.33. The number of hydrogen-bond donors (Lipinski definition) is 1. The second kappa shape index (κ2) is 10.9. The van der Waals surface area contributed by atoms with Crippen LogP contribution in [0.1, 0.15) is 29.5 Å². The molecule has 0 atom stereocenters. The van der Waals surface area contributed by atoms with Crippen LogP contribution < -0.4 is 10.2 Å². The van der Waals surface area contributed by atoms with Gasteiger partial charge in [0.05, 0.1) is 18.0 Å². The van der Waals surface area contributed by atoms with E-state index in [0.717, 1.165) is 54.4 Å². The molecule has 3 aromatic rings. The molecule has 184 valence electrons. The zero-order chi connectivity index (χ0) is 24.9. The smallest absolute Gasteiger partial charge is 0.243 e. The molecule has 35 heavy (non-hydrogen) atoms. The first-order valence-electron chi connectivity index (χ1n) is 11.8. The van der Waals surface area contributed by atoms with E-state index in [9.17, 15) is 9.59 Å². The molecule has 0 spiro atoms. The molecule has 8 nitrogen and oxygen atoms in total. The van der Waals surface area contributed by atoms with Gasteiger partial charge < -0.3 is 15.1 Å². The molecule has 2 heterocycles. The van der Waals surface area contributed by atoms with Crippen LogP contribution >= 0.6 is 11.8 Å². The molecular formula is C26H32N6O2S. The number of likely N-dealkylation sites (N-methyl/N-ethyl adjacent to an activating group) is 1. The molecule has 1 aromatic heterocycles. The van der Waals surface area contributed by atoms with Gasteiger partial charge in [0.25, 0.3) is 0 Å². The number of nitrogens with one attached hydrogen (secondary N) is 1. The third-order valence-corrected chi connectivity index (χ3v) is 7.09. The van der Waals surface area contributed by atoms with Gasteiger partial charge in [-0.15, -0.1) is 10.2 Å². The summed E-state index contributed by atoms with van der Waals surface area (Å²) in [5, 5.41) is 12.5. The first kappa shape index (κ1) is 24.8. The SMILES string of the molecule is Cc1ccc(-n2c(SCC(=O)N(C)CC(=O)Nc3c(C)cccc3C)nnc2N2CCCC2)cc1. The van der Waals surface area contributed by atoms with Crippen LogP contribution in [0.3, 0.4) is 0 Å². The Bertz CT molecular complexity index is 1180. The lowest BCUT2D eigenvalue weighted by atomic mass is 10.1. The van der Waals surface area contributed by atoms with Crippen LogP contribution in [-0.4, -0.2) is 63.9 Å². The Kier molecular flexibility index (Phi) is 7.75. The number of rotatable bonds is 8. The second-order valence-corrected chi connectivity index (χ2v) is 9.94. The minimum absolute atomic E-state index is 0.0170. The lowest BCUT2D eigenvalue weighted by Gasteiger charge is -2.19. The van der Waals surface area contributed by atoms with Gasteiger partial charge in [0.2, 0.25) is 17.8 Å². The van der Waals surface area contributed by atoms with Gasteiger partial charge in [0.15, 0.2) is 5.16 Å². The van der Waals surface area contributed by atoms with Crippen LogP contribution in [-0.2, 0) is 9.59 Å². The van der Waals surface area contributed by atoms with E-state index in [1.54, 1.807) is 7.05 Å². The molecule has 1 aliphatic rings. The number of benzene rings is 2. The van der Waals surface area contributed by atoms with Gasteiger partial charge in [-0.25, -0.2) is 0 Å². The predicted octanol–water partition coefficient (Wildman–Crippen LogP) is 3.98. The van der Waals surface area contributed by atoms with Gasteiger partial charge >= 0.3 is 0 Å². The van der Waals surface area contributed by atoms with Crippen molar-refractivity contribution in [3.63, 3.8) is 0 Å². The predicted molar refractivity (Wildman–Crippen MR) is 140 cm³/mol. The third kappa shape index (κ3) is 5.85. The molecule has 0 radical (unpaired) electrons. The second-order valence-electron chi connectivity index (χ2n) is 9.00. The molecular weight excluding hydrogens is 460 g/mol. The largest absolute Gasteiger partial charge is 0.341 e. The first-order chi connectivity index (χ1) is 16.8. The highest BCUT2D eigenvalue weighted by molar-refractivity contribution is 7.99. The van der Waals surface area contributed by atoms with Crippen molar-refractivity contribution in [1.82, 2.24) is 19.7 Å². The lowest BCUT2D eigenvalue weighted by molar-refractivity contribution is -0.131. The summed E-state index contributed by atoms with van der Waals surface area (Å²) in [5.74, 6) is 0.606. The average Bonchev–Trinajstić information content (AvgIpc) is 3.50. The van der Waals surface area contributed by atoms with E-state index in [0.29, 0.717) is 5.16 Å². The summed E-state index contributed by atoms with van der Waals surface area (Å²) >= 11 is 1.34. The highest BCUT2D eigenvalue weighted by Gasteiger charge is 2.23. The fourth-order valence-corrected chi connectivity index (χ4v) is 5.02. The number of thioether (sulfide) groups is 1. The monoisotopic (exact) mass is 492 g/mol. The number of hydrogen-bond acceptors (Lipinski definition) is 6. The number of aromatic nitrogens is 3. The normalized spacial score (nSPS) is 13.2. The summed E-state index contributed by atoms with van der Waals surface area (Å²) < 4.78 is 2.02. The molecule has 1 aliphatic heterocycles. The van der Waals surface area contributed by atoms with E-state index in [4.69, 9.17) is 0 Å². The van der Waals surface area contributed by atoms with Gasteiger partial charge in [0.1, 0.15) is 0 Å². The van der Waals surface area contributed by atoms with Crippen LogP contribution in [0.25, 0.3) is 5.69 Å². The molecule has 0 saturated carbocycles. The van der Waals surface area contributed by atoms with Crippen molar-refractivity contribution in [2.75, 3.05) is 42.7 Å². The quantitative estimate of drug-likeness (QED) is 0.479. The Morgan fingerprint density at radius 3 is 2.31 bits per heavy atom. The number of amides is 2. The molecule has 1 fully saturated rings. The van der Waals surface area contributed by atoms with Gasteiger partial charge in [-0.3, -0.25) is 14.2 Å². The molecule has 2 amide bonds. The zero-order valence-electron chi connectivity index (χ0n) is 20.7. The fraction of sp³-hybridized carbons (Fsp3) is 0.385. The summed E-state index contributed by atoms with van der Waals surface area (Å²) in [6, 6.07) is 14.1. The standard InChI is InChI=1S/C26H32N6O2S/c1-18-10-12-21(13-11-18)32-25(31-14-5-6-15-31)28-29-26(32)35-17-23(34)30(4)16-22(33)27-24-19(2)8-7-9-20(24)3/h7-13H,5-6,14-17H2,1-4H3,(H,27,33). The Morgan fingerprint density at radius 2 is 1.66 bits per heavy atom. The maximum atomic E-state index is 12.9. The molecule has 0 aliphatic carbocycles. The fourth-order valence-electron chi connectivity index (χ4n) is 4.13. The maximum absolute atomic E-state index is 12.9. The van der Waals surface area contributed by atoms with E-state index < -0.39 is 0 Å². The summed E-state index contributed by atoms with van der Waals surface area (Å²) in [6.07, 6.45) is 2.27. The Morgan fingerprint density at radius 1 is 1.00 bits per heavy atom. The summed E-state index contributed by atoms with van der Waals surface area (Å²) in [7, 11) is 1.65. The van der Waals surface area contributed by atoms with E-state index in [1.165, 1.54) is 22.2 Å². The summed E-state index contributed by atoms with van der Waals surface area (Å²) in [4.78, 5) is 29.1. The number of carbonyl (C=O) groups excluding carboxylic acids is 2. The van der Waals surface area contributed by atoms with Crippen LogP contribution in [0, 0.1) is 20.8 Å². The number of anilines is 2. The molecule has 0 bridgehead atoms. The number of nitrogens with zero attached hydrogens (tertiary/aromatic N) is 5. The van der Waals surface area contributed by atoms with Crippen molar-refractivity contribution < 1.29 is 9.59 Å². The van der Waals surface area contributed by atoms with Crippen molar-refractivity contribution in [2.24, 2.45) is 0 Å². The van der Waals surface area contributed by atoms with E-state index in [-0.39, 0.29) is 24.1 Å². The Balaban J connectivity index is 1.42. The van der Waals surface area contributed by atoms with Gasteiger partial charge in [0, 0.05) is 25.8 Å². The van der Waals surface area contributed by atoms with E-state index >= 15 is 0 Å². The van der Waals surface area contributed by atoms with Crippen LogP contribution in [0.2, 0.25) is 0 Å². The van der Waals surface area contributed by atoms with E-state index in [1.807, 2.05) is 48.7 Å². The van der Waals surface area contributed by atoms with Crippen molar-refractivity contribution in [1.29, 1.82) is 0 Å². The highest BCUT2D eigenvalue weighted by atomic mass is 32.2. The van der Waals surface area contributed by atoms with Gasteiger partial charge in [-0.1, -0.05) is 47.7 Å². The average molecular weight is 493 g/mol. The van der Waals surface area contributed by atoms with Crippen LogP contribution in [0.4, 0.5) is 11.6 Å². The molecule has 0 unspecified atom stereocenters. The number of carbonyl (C=O) groups is 2. The molecule has 1 N–H and O–H groups in total. The molecule has 4 rings (SSSR count). The number of para-hydroxylation sites is 1. The lowest BCUT2D eigenvalue weighted by Crippen LogP contribution is -2.36. The van der Waals surface area contributed by atoms with Crippen molar-refractivity contribution in [3.05, 3.63) is 59.2 Å². The van der Waals surface area contributed by atoms with Crippen molar-refractivity contribution >= 4 is 35.2 Å². The minimum Gasteiger partial charge on any atom is -0.341 e. The molecule has 9 heteroatoms.